The number of benzene rings is 3. The van der Waals surface area contributed by atoms with Gasteiger partial charge < -0.3 is 14.5 Å². The SMILES string of the molecule is CCOC(=O)C1=C(c2ccccc2)N=c2s/c(=C\c3cc([N+](=O)[O-])ccc3Sc3nc(C)cc(=O)[nH]3)c(=O)n2[C@H]1c1ccc(OCC)cc1. The third kappa shape index (κ3) is 7.00. The number of fused-ring (bicyclic) bond motifs is 1. The number of thiazole rings is 1. The Balaban J connectivity index is 1.60. The lowest BCUT2D eigenvalue weighted by atomic mass is 9.93. The van der Waals surface area contributed by atoms with Crippen molar-refractivity contribution >= 4 is 46.5 Å². The van der Waals surface area contributed by atoms with Crippen molar-refractivity contribution in [3.05, 3.63) is 147 Å². The van der Waals surface area contributed by atoms with Gasteiger partial charge in [0, 0.05) is 34.4 Å². The Hall–Kier alpha value is -5.60. The van der Waals surface area contributed by atoms with Crippen LogP contribution in [0.25, 0.3) is 11.8 Å². The normalized spacial score (nSPS) is 14.3. The highest BCUT2D eigenvalue weighted by molar-refractivity contribution is 7.99. The Bertz CT molecular complexity index is 2350. The molecular weight excluding hydrogens is 667 g/mol. The quantitative estimate of drug-likeness (QED) is 0.0939. The average Bonchev–Trinajstić information content (AvgIpc) is 3.39. The van der Waals surface area contributed by atoms with E-state index in [0.717, 1.165) is 23.1 Å². The molecule has 0 bridgehead atoms. The molecule has 0 fully saturated rings. The van der Waals surface area contributed by atoms with Gasteiger partial charge in [0.2, 0.25) is 0 Å². The van der Waals surface area contributed by atoms with Crippen LogP contribution >= 0.6 is 23.1 Å². The first-order valence-electron chi connectivity index (χ1n) is 15.2. The van der Waals surface area contributed by atoms with Crippen molar-refractivity contribution in [3.8, 4) is 5.75 Å². The summed E-state index contributed by atoms with van der Waals surface area (Å²) in [7, 11) is 0. The lowest BCUT2D eigenvalue weighted by Crippen LogP contribution is -2.40. The molecule has 0 saturated heterocycles. The monoisotopic (exact) mass is 695 g/mol. The second kappa shape index (κ2) is 14.3. The maximum absolute atomic E-state index is 14.4. The third-order valence-electron chi connectivity index (χ3n) is 7.43. The van der Waals surface area contributed by atoms with Crippen LogP contribution in [0, 0.1) is 17.0 Å². The average molecular weight is 696 g/mol. The van der Waals surface area contributed by atoms with E-state index in [4.69, 9.17) is 14.5 Å². The number of aromatic nitrogens is 3. The summed E-state index contributed by atoms with van der Waals surface area (Å²) in [6.07, 6.45) is 1.55. The number of aromatic amines is 1. The first kappa shape index (κ1) is 33.3. The number of ether oxygens (including phenoxy) is 2. The van der Waals surface area contributed by atoms with Gasteiger partial charge in [-0.05, 0) is 56.2 Å². The summed E-state index contributed by atoms with van der Waals surface area (Å²) < 4.78 is 12.8. The van der Waals surface area contributed by atoms with Crippen molar-refractivity contribution in [2.24, 2.45) is 4.99 Å². The first-order valence-corrected chi connectivity index (χ1v) is 16.9. The molecule has 0 aliphatic carbocycles. The zero-order valence-electron chi connectivity index (χ0n) is 26.5. The van der Waals surface area contributed by atoms with Gasteiger partial charge in [-0.25, -0.2) is 14.8 Å². The van der Waals surface area contributed by atoms with Crippen LogP contribution in [0.1, 0.15) is 42.3 Å². The summed E-state index contributed by atoms with van der Waals surface area (Å²) in [6.45, 7) is 5.85. The number of esters is 1. The largest absolute Gasteiger partial charge is 0.494 e. The van der Waals surface area contributed by atoms with Gasteiger partial charge in [0.1, 0.15) is 5.75 Å². The number of rotatable bonds is 10. The van der Waals surface area contributed by atoms with Gasteiger partial charge in [-0.15, -0.1) is 0 Å². The minimum atomic E-state index is -0.913. The highest BCUT2D eigenvalue weighted by Crippen LogP contribution is 2.36. The van der Waals surface area contributed by atoms with Crippen LogP contribution in [0.15, 0.2) is 109 Å². The van der Waals surface area contributed by atoms with Crippen molar-refractivity contribution < 1.29 is 19.2 Å². The molecule has 14 heteroatoms. The van der Waals surface area contributed by atoms with Gasteiger partial charge in [0.25, 0.3) is 16.8 Å². The minimum Gasteiger partial charge on any atom is -0.494 e. The van der Waals surface area contributed by atoms with Crippen molar-refractivity contribution in [1.29, 1.82) is 0 Å². The van der Waals surface area contributed by atoms with E-state index in [1.165, 1.54) is 22.8 Å². The van der Waals surface area contributed by atoms with E-state index in [1.807, 2.05) is 37.3 Å². The molecule has 0 amide bonds. The number of carbonyl (C=O) groups is 1. The molecule has 1 N–H and O–H groups in total. The van der Waals surface area contributed by atoms with Gasteiger partial charge in [-0.3, -0.25) is 24.3 Å². The second-order valence-electron chi connectivity index (χ2n) is 10.7. The smallest absolute Gasteiger partial charge is 0.338 e. The number of nitrogens with zero attached hydrogens (tertiary/aromatic N) is 4. The molecule has 248 valence electrons. The fourth-order valence-corrected chi connectivity index (χ4v) is 7.28. The van der Waals surface area contributed by atoms with Crippen LogP contribution in [0.2, 0.25) is 0 Å². The second-order valence-corrected chi connectivity index (χ2v) is 12.7. The molecule has 49 heavy (non-hydrogen) atoms. The van der Waals surface area contributed by atoms with E-state index in [0.29, 0.717) is 50.1 Å². The zero-order chi connectivity index (χ0) is 34.7. The number of hydrogen-bond acceptors (Lipinski definition) is 11. The summed E-state index contributed by atoms with van der Waals surface area (Å²) in [5, 5.41) is 12.1. The summed E-state index contributed by atoms with van der Waals surface area (Å²) in [4.78, 5) is 64.2. The topological polar surface area (TPSA) is 159 Å². The molecule has 3 heterocycles. The Kier molecular flexibility index (Phi) is 9.69. The van der Waals surface area contributed by atoms with E-state index >= 15 is 0 Å². The summed E-state index contributed by atoms with van der Waals surface area (Å²) >= 11 is 2.19. The lowest BCUT2D eigenvalue weighted by Gasteiger charge is -2.26. The van der Waals surface area contributed by atoms with Crippen molar-refractivity contribution in [2.75, 3.05) is 13.2 Å². The summed E-state index contributed by atoms with van der Waals surface area (Å²) in [5.41, 5.74) is 1.73. The highest BCUT2D eigenvalue weighted by Gasteiger charge is 2.35. The molecule has 1 atom stereocenters. The number of aryl methyl sites for hydroxylation is 1. The van der Waals surface area contributed by atoms with Gasteiger partial charge in [0.05, 0.1) is 40.0 Å². The number of nitrogens with one attached hydrogen (secondary N) is 1. The fourth-order valence-electron chi connectivity index (χ4n) is 5.37. The summed E-state index contributed by atoms with van der Waals surface area (Å²) in [5.74, 6) is 0.0130. The first-order chi connectivity index (χ1) is 23.7. The van der Waals surface area contributed by atoms with Crippen molar-refractivity contribution in [3.63, 3.8) is 0 Å². The number of nitro benzene ring substituents is 1. The Morgan fingerprint density at radius 3 is 2.49 bits per heavy atom. The van der Waals surface area contributed by atoms with Crippen LogP contribution < -0.4 is 25.2 Å². The maximum atomic E-state index is 14.4. The number of hydrogen-bond donors (Lipinski definition) is 1. The van der Waals surface area contributed by atoms with E-state index in [-0.39, 0.29) is 33.1 Å². The molecule has 5 aromatic rings. The number of carbonyl (C=O) groups excluding carboxylic acids is 1. The molecule has 0 saturated carbocycles. The predicted octanol–water partition coefficient (Wildman–Crippen LogP) is 4.79. The highest BCUT2D eigenvalue weighted by atomic mass is 32.2. The van der Waals surface area contributed by atoms with E-state index in [1.54, 1.807) is 50.3 Å². The Morgan fingerprint density at radius 1 is 1.06 bits per heavy atom. The van der Waals surface area contributed by atoms with Gasteiger partial charge >= 0.3 is 5.97 Å². The maximum Gasteiger partial charge on any atom is 0.338 e. The number of nitro groups is 1. The molecule has 0 unspecified atom stereocenters. The van der Waals surface area contributed by atoms with Crippen LogP contribution in [0.3, 0.4) is 0 Å². The van der Waals surface area contributed by atoms with Crippen LogP contribution in [0.5, 0.6) is 5.75 Å². The minimum absolute atomic E-state index is 0.110. The fraction of sp³-hybridized carbons (Fsp3) is 0.171. The van der Waals surface area contributed by atoms with Crippen LogP contribution in [-0.2, 0) is 9.53 Å². The van der Waals surface area contributed by atoms with Gasteiger partial charge in [-0.1, -0.05) is 65.6 Å². The van der Waals surface area contributed by atoms with Gasteiger partial charge in [-0.2, -0.15) is 0 Å². The molecule has 3 aromatic carbocycles. The molecule has 0 spiro atoms. The van der Waals surface area contributed by atoms with E-state index < -0.39 is 22.5 Å². The third-order valence-corrected chi connectivity index (χ3v) is 9.39. The zero-order valence-corrected chi connectivity index (χ0v) is 28.2. The Morgan fingerprint density at radius 2 is 1.82 bits per heavy atom. The molecule has 0 radical (unpaired) electrons. The van der Waals surface area contributed by atoms with Crippen LogP contribution in [0.4, 0.5) is 5.69 Å². The standard InChI is InChI=1S/C35H29N5O7S2/c1-4-46-25-14-11-22(12-15-25)31-29(33(43)47-5-2)30(21-9-7-6-8-10-21)38-35-39(31)32(42)27(49-35)19-23-18-24(40(44)45)13-16-26(23)48-34-36-20(3)17-28(41)37-34/h6-19,31H,4-5H2,1-3H3,(H,36,37,41)/b27-19-/t31-/m0/s1. The predicted molar refractivity (Wildman–Crippen MR) is 185 cm³/mol. The molecule has 12 nitrogen and oxygen atoms in total. The number of non-ortho nitro benzene ring substituents is 1. The number of H-pyrrole nitrogens is 1. The van der Waals surface area contributed by atoms with Crippen molar-refractivity contribution in [1.82, 2.24) is 14.5 Å². The van der Waals surface area contributed by atoms with Crippen LogP contribution in [-0.4, -0.2) is 38.6 Å². The Labute approximate surface area is 287 Å². The molecule has 1 aliphatic heterocycles. The van der Waals surface area contributed by atoms with Gasteiger partial charge in [0.15, 0.2) is 9.96 Å². The molecule has 2 aromatic heterocycles. The molecular formula is C35H29N5O7S2. The summed E-state index contributed by atoms with van der Waals surface area (Å²) in [6, 6.07) is 21.0. The lowest BCUT2D eigenvalue weighted by molar-refractivity contribution is -0.384. The molecule has 1 aliphatic rings. The van der Waals surface area contributed by atoms with E-state index in [2.05, 4.69) is 9.97 Å². The van der Waals surface area contributed by atoms with Crippen molar-refractivity contribution in [2.45, 2.75) is 36.9 Å². The van der Waals surface area contributed by atoms with E-state index in [9.17, 15) is 24.5 Å². The molecule has 6 rings (SSSR count).